The predicted molar refractivity (Wildman–Crippen MR) is 48.3 cm³/mol. The standard InChI is InChI=1S/C7H11N3S/c1-3-5-9-6(8-2)4-7(11)10-5/h4H,3H2,1-2H3,(H2,8,9,10,11). The van der Waals surface area contributed by atoms with Gasteiger partial charge in [0.05, 0.1) is 0 Å². The number of nitrogens with zero attached hydrogens (tertiary/aromatic N) is 1. The average Bonchev–Trinajstić information content (AvgIpc) is 2.03. The zero-order valence-electron chi connectivity index (χ0n) is 6.64. The van der Waals surface area contributed by atoms with Gasteiger partial charge in [0.2, 0.25) is 0 Å². The third kappa shape index (κ3) is 2.01. The highest BCUT2D eigenvalue weighted by Gasteiger charge is 1.93. The van der Waals surface area contributed by atoms with Crippen LogP contribution in [0.2, 0.25) is 0 Å². The van der Waals surface area contributed by atoms with Crippen LogP contribution in [0.15, 0.2) is 6.07 Å². The van der Waals surface area contributed by atoms with Gasteiger partial charge in [-0.1, -0.05) is 19.1 Å². The molecule has 0 spiro atoms. The fourth-order valence-corrected chi connectivity index (χ4v) is 1.04. The van der Waals surface area contributed by atoms with Crippen molar-refractivity contribution in [3.05, 3.63) is 16.5 Å². The highest BCUT2D eigenvalue weighted by Crippen LogP contribution is 2.02. The molecule has 2 N–H and O–H groups in total. The van der Waals surface area contributed by atoms with Crippen molar-refractivity contribution >= 4 is 18.0 Å². The Morgan fingerprint density at radius 1 is 1.73 bits per heavy atom. The third-order valence-electron chi connectivity index (χ3n) is 1.40. The smallest absolute Gasteiger partial charge is 0.131 e. The van der Waals surface area contributed by atoms with E-state index >= 15 is 0 Å². The molecule has 0 amide bonds. The van der Waals surface area contributed by atoms with E-state index in [1.165, 1.54) is 0 Å². The second-order valence-electron chi connectivity index (χ2n) is 2.18. The molecule has 11 heavy (non-hydrogen) atoms. The minimum absolute atomic E-state index is 0.630. The molecule has 0 aromatic carbocycles. The molecule has 1 rings (SSSR count). The molecule has 0 unspecified atom stereocenters. The molecule has 0 saturated heterocycles. The normalized spacial score (nSPS) is 9.64. The molecule has 60 valence electrons. The van der Waals surface area contributed by atoms with Gasteiger partial charge in [-0.3, -0.25) is 0 Å². The maximum atomic E-state index is 4.95. The summed E-state index contributed by atoms with van der Waals surface area (Å²) in [7, 11) is 1.85. The van der Waals surface area contributed by atoms with Gasteiger partial charge in [-0.15, -0.1) is 0 Å². The van der Waals surface area contributed by atoms with Crippen molar-refractivity contribution in [1.29, 1.82) is 0 Å². The van der Waals surface area contributed by atoms with E-state index in [0.717, 1.165) is 18.1 Å². The van der Waals surface area contributed by atoms with Crippen LogP contribution < -0.4 is 5.32 Å². The lowest BCUT2D eigenvalue weighted by molar-refractivity contribution is 0.934. The molecular formula is C7H11N3S. The van der Waals surface area contributed by atoms with Crippen LogP contribution in [0, 0.1) is 4.64 Å². The van der Waals surface area contributed by atoms with Gasteiger partial charge >= 0.3 is 0 Å². The van der Waals surface area contributed by atoms with E-state index in [1.54, 1.807) is 6.07 Å². The highest BCUT2D eigenvalue weighted by molar-refractivity contribution is 7.71. The Morgan fingerprint density at radius 3 is 3.00 bits per heavy atom. The summed E-state index contributed by atoms with van der Waals surface area (Å²) in [4.78, 5) is 7.22. The zero-order valence-corrected chi connectivity index (χ0v) is 7.46. The van der Waals surface area contributed by atoms with Gasteiger partial charge in [0.25, 0.3) is 0 Å². The van der Waals surface area contributed by atoms with Crippen LogP contribution in [-0.4, -0.2) is 17.0 Å². The first-order valence-electron chi connectivity index (χ1n) is 3.54. The molecule has 0 aliphatic carbocycles. The van der Waals surface area contributed by atoms with Gasteiger partial charge in [-0.05, 0) is 0 Å². The molecule has 0 aliphatic heterocycles. The minimum atomic E-state index is 0.630. The summed E-state index contributed by atoms with van der Waals surface area (Å²) in [5, 5.41) is 2.98. The van der Waals surface area contributed by atoms with Crippen LogP contribution in [0.5, 0.6) is 0 Å². The number of rotatable bonds is 2. The molecule has 0 bridgehead atoms. The van der Waals surface area contributed by atoms with Gasteiger partial charge in [-0.25, -0.2) is 4.98 Å². The summed E-state index contributed by atoms with van der Waals surface area (Å²) < 4.78 is 0.630. The van der Waals surface area contributed by atoms with Crippen molar-refractivity contribution in [3.8, 4) is 0 Å². The Hall–Kier alpha value is -0.900. The maximum absolute atomic E-state index is 4.95. The third-order valence-corrected chi connectivity index (χ3v) is 1.61. The first-order chi connectivity index (χ1) is 5.26. The summed E-state index contributed by atoms with van der Waals surface area (Å²) in [6, 6.07) is 1.80. The molecule has 1 aromatic rings. The van der Waals surface area contributed by atoms with E-state index in [4.69, 9.17) is 12.2 Å². The lowest BCUT2D eigenvalue weighted by Gasteiger charge is -2.01. The zero-order chi connectivity index (χ0) is 8.27. The van der Waals surface area contributed by atoms with Gasteiger partial charge in [0.15, 0.2) is 0 Å². The summed E-state index contributed by atoms with van der Waals surface area (Å²) >= 11 is 4.95. The number of aryl methyl sites for hydroxylation is 1. The number of anilines is 1. The summed E-state index contributed by atoms with van der Waals surface area (Å²) in [6.07, 6.45) is 0.874. The molecule has 1 heterocycles. The van der Waals surface area contributed by atoms with Crippen LogP contribution in [0.25, 0.3) is 0 Å². The summed E-state index contributed by atoms with van der Waals surface area (Å²) in [5.41, 5.74) is 0. The van der Waals surface area contributed by atoms with Crippen molar-refractivity contribution in [2.45, 2.75) is 13.3 Å². The predicted octanol–water partition coefficient (Wildman–Crippen LogP) is 1.74. The van der Waals surface area contributed by atoms with E-state index in [-0.39, 0.29) is 0 Å². The van der Waals surface area contributed by atoms with Crippen LogP contribution in [0.3, 0.4) is 0 Å². The molecular weight excluding hydrogens is 158 g/mol. The number of hydrogen-bond donors (Lipinski definition) is 2. The number of nitrogens with one attached hydrogen (secondary N) is 2. The minimum Gasteiger partial charge on any atom is -0.375 e. The van der Waals surface area contributed by atoms with Crippen molar-refractivity contribution in [3.63, 3.8) is 0 Å². The SMILES string of the molecule is CCc1nc(=S)cc(NC)[nH]1. The molecule has 4 heteroatoms. The Morgan fingerprint density at radius 2 is 2.45 bits per heavy atom. The number of aromatic amines is 1. The topological polar surface area (TPSA) is 40.7 Å². The largest absolute Gasteiger partial charge is 0.375 e. The molecule has 0 saturated carbocycles. The summed E-state index contributed by atoms with van der Waals surface area (Å²) in [5.74, 6) is 1.84. The second kappa shape index (κ2) is 3.48. The fourth-order valence-electron chi connectivity index (χ4n) is 0.810. The van der Waals surface area contributed by atoms with E-state index in [1.807, 2.05) is 14.0 Å². The lowest BCUT2D eigenvalue weighted by Crippen LogP contribution is -1.98. The molecule has 0 radical (unpaired) electrons. The Labute approximate surface area is 70.9 Å². The van der Waals surface area contributed by atoms with Crippen LogP contribution in [0.1, 0.15) is 12.7 Å². The van der Waals surface area contributed by atoms with Crippen molar-refractivity contribution < 1.29 is 0 Å². The summed E-state index contributed by atoms with van der Waals surface area (Å²) in [6.45, 7) is 2.03. The first-order valence-corrected chi connectivity index (χ1v) is 3.95. The lowest BCUT2D eigenvalue weighted by atomic mass is 10.4. The van der Waals surface area contributed by atoms with E-state index in [9.17, 15) is 0 Å². The van der Waals surface area contributed by atoms with E-state index < -0.39 is 0 Å². The van der Waals surface area contributed by atoms with Gasteiger partial charge < -0.3 is 10.3 Å². The molecule has 3 nitrogen and oxygen atoms in total. The van der Waals surface area contributed by atoms with Crippen LogP contribution >= 0.6 is 12.2 Å². The number of hydrogen-bond acceptors (Lipinski definition) is 3. The van der Waals surface area contributed by atoms with Gasteiger partial charge in [-0.2, -0.15) is 0 Å². The fraction of sp³-hybridized carbons (Fsp3) is 0.429. The van der Waals surface area contributed by atoms with Crippen molar-refractivity contribution in [2.75, 3.05) is 12.4 Å². The Kier molecular flexibility index (Phi) is 2.59. The number of aromatic nitrogens is 2. The second-order valence-corrected chi connectivity index (χ2v) is 2.60. The molecule has 0 atom stereocenters. The Bertz CT molecular complexity index is 267. The van der Waals surface area contributed by atoms with Crippen molar-refractivity contribution in [2.24, 2.45) is 0 Å². The molecule has 0 fully saturated rings. The Balaban J connectivity index is 3.12. The van der Waals surface area contributed by atoms with E-state index in [2.05, 4.69) is 15.3 Å². The molecule has 0 aliphatic rings. The quantitative estimate of drug-likeness (QED) is 0.662. The van der Waals surface area contributed by atoms with Crippen LogP contribution in [0.4, 0.5) is 5.82 Å². The van der Waals surface area contributed by atoms with Gasteiger partial charge in [0.1, 0.15) is 16.3 Å². The van der Waals surface area contributed by atoms with Crippen molar-refractivity contribution in [1.82, 2.24) is 9.97 Å². The highest BCUT2D eigenvalue weighted by atomic mass is 32.1. The average molecular weight is 169 g/mol. The van der Waals surface area contributed by atoms with Gasteiger partial charge in [0, 0.05) is 19.5 Å². The first kappa shape index (κ1) is 8.20. The maximum Gasteiger partial charge on any atom is 0.131 e. The van der Waals surface area contributed by atoms with E-state index in [0.29, 0.717) is 4.64 Å². The molecule has 1 aromatic heterocycles. The number of H-pyrrole nitrogens is 1. The monoisotopic (exact) mass is 169 g/mol. The van der Waals surface area contributed by atoms with Crippen LogP contribution in [-0.2, 0) is 6.42 Å².